The monoisotopic (exact) mass is 346 g/mol. The molecule has 1 nitrogen and oxygen atoms in total. The molecule has 0 aromatic heterocycles. The minimum absolute atomic E-state index is 0.103. The van der Waals surface area contributed by atoms with E-state index >= 15 is 0 Å². The van der Waals surface area contributed by atoms with Crippen LogP contribution in [0.15, 0.2) is 46.9 Å². The largest absolute Gasteiger partial charge is 0.416 e. The molecule has 104 valence electrons. The molecule has 0 spiro atoms. The Labute approximate surface area is 120 Å². The molecule has 2 aromatic rings. The third kappa shape index (κ3) is 3.07. The number of rotatable bonds is 2. The maximum absolute atomic E-state index is 12.9. The predicted molar refractivity (Wildman–Crippen MR) is 69.0 cm³/mol. The maximum atomic E-state index is 12.9. The Kier molecular flexibility index (Phi) is 3.94. The summed E-state index contributed by atoms with van der Waals surface area (Å²) in [5.41, 5.74) is -0.903. The first-order valence-corrected chi connectivity index (χ1v) is 6.25. The summed E-state index contributed by atoms with van der Waals surface area (Å²) in [4.78, 5) is 12.1. The Morgan fingerprint density at radius 2 is 1.75 bits per heavy atom. The lowest BCUT2D eigenvalue weighted by Crippen LogP contribution is -2.08. The highest BCUT2D eigenvalue weighted by molar-refractivity contribution is 9.10. The smallest absolute Gasteiger partial charge is 0.289 e. The number of hydrogen-bond acceptors (Lipinski definition) is 1. The normalized spacial score (nSPS) is 11.4. The number of halogens is 5. The van der Waals surface area contributed by atoms with Crippen LogP contribution in [0.5, 0.6) is 0 Å². The maximum Gasteiger partial charge on any atom is 0.416 e. The molecule has 20 heavy (non-hydrogen) atoms. The predicted octanol–water partition coefficient (Wildman–Crippen LogP) is 4.84. The van der Waals surface area contributed by atoms with Crippen molar-refractivity contribution < 1.29 is 22.4 Å². The molecule has 0 N–H and O–H groups in total. The molecule has 0 aliphatic rings. The van der Waals surface area contributed by atoms with Gasteiger partial charge in [0.05, 0.1) is 5.56 Å². The topological polar surface area (TPSA) is 17.1 Å². The van der Waals surface area contributed by atoms with Gasteiger partial charge in [-0.05, 0) is 46.3 Å². The van der Waals surface area contributed by atoms with Crippen LogP contribution in [-0.4, -0.2) is 5.78 Å². The number of alkyl halides is 3. The first-order chi connectivity index (χ1) is 9.29. The number of ketones is 1. The number of hydrogen-bond donors (Lipinski definition) is 0. The minimum atomic E-state index is -4.52. The molecule has 2 aromatic carbocycles. The zero-order valence-electron chi connectivity index (χ0n) is 9.84. The van der Waals surface area contributed by atoms with Crippen LogP contribution in [0.3, 0.4) is 0 Å². The molecule has 0 aliphatic heterocycles. The molecule has 2 rings (SSSR count). The van der Waals surface area contributed by atoms with Crippen LogP contribution >= 0.6 is 15.9 Å². The van der Waals surface area contributed by atoms with E-state index in [1.165, 1.54) is 12.1 Å². The van der Waals surface area contributed by atoms with Crippen molar-refractivity contribution in [2.75, 3.05) is 0 Å². The molecule has 0 aliphatic carbocycles. The molecule has 0 atom stereocenters. The summed E-state index contributed by atoms with van der Waals surface area (Å²) in [5, 5.41) is 0. The Balaban J connectivity index is 2.44. The van der Waals surface area contributed by atoms with Gasteiger partial charge in [-0.2, -0.15) is 13.2 Å². The van der Waals surface area contributed by atoms with E-state index in [-0.39, 0.29) is 15.6 Å². The van der Waals surface area contributed by atoms with E-state index in [1.54, 1.807) is 0 Å². The first-order valence-electron chi connectivity index (χ1n) is 5.46. The fourth-order valence-corrected chi connectivity index (χ4v) is 2.20. The average molecular weight is 347 g/mol. The summed E-state index contributed by atoms with van der Waals surface area (Å²) < 4.78 is 50.9. The molecule has 6 heteroatoms. The van der Waals surface area contributed by atoms with Gasteiger partial charge < -0.3 is 0 Å². The highest BCUT2D eigenvalue weighted by Crippen LogP contribution is 2.30. The lowest BCUT2D eigenvalue weighted by atomic mass is 10.0. The third-order valence-corrected chi connectivity index (χ3v) is 3.28. The minimum Gasteiger partial charge on any atom is -0.289 e. The second-order valence-electron chi connectivity index (χ2n) is 4.03. The van der Waals surface area contributed by atoms with Crippen LogP contribution in [0.4, 0.5) is 17.6 Å². The van der Waals surface area contributed by atoms with Crippen molar-refractivity contribution in [2.45, 2.75) is 6.18 Å². The highest BCUT2D eigenvalue weighted by Gasteiger charge is 2.31. The highest BCUT2D eigenvalue weighted by atomic mass is 79.9. The van der Waals surface area contributed by atoms with E-state index in [0.29, 0.717) is 0 Å². The Morgan fingerprint density at radius 1 is 1.05 bits per heavy atom. The van der Waals surface area contributed by atoms with Crippen LogP contribution in [0.1, 0.15) is 21.5 Å². The van der Waals surface area contributed by atoms with Gasteiger partial charge in [-0.15, -0.1) is 0 Å². The molecule has 0 saturated heterocycles. The van der Waals surface area contributed by atoms with E-state index < -0.39 is 23.3 Å². The standard InChI is InChI=1S/C14H7BrF4O/c15-12-7-10(16)4-5-11(12)13(20)8-2-1-3-9(6-8)14(17,18)19/h1-7H. The zero-order chi connectivity index (χ0) is 14.9. The quantitative estimate of drug-likeness (QED) is 0.561. The Bertz CT molecular complexity index is 664. The van der Waals surface area contributed by atoms with Crippen molar-refractivity contribution in [1.29, 1.82) is 0 Å². The van der Waals surface area contributed by atoms with E-state index in [2.05, 4.69) is 15.9 Å². The van der Waals surface area contributed by atoms with Crippen molar-refractivity contribution in [1.82, 2.24) is 0 Å². The van der Waals surface area contributed by atoms with Gasteiger partial charge in [-0.25, -0.2) is 4.39 Å². The van der Waals surface area contributed by atoms with Gasteiger partial charge in [0.1, 0.15) is 5.82 Å². The molecule has 0 fully saturated rings. The molecule has 0 heterocycles. The molecule has 0 saturated carbocycles. The van der Waals surface area contributed by atoms with Gasteiger partial charge in [-0.3, -0.25) is 4.79 Å². The van der Waals surface area contributed by atoms with E-state index in [1.807, 2.05) is 0 Å². The molecule has 0 amide bonds. The van der Waals surface area contributed by atoms with Crippen LogP contribution in [0.2, 0.25) is 0 Å². The van der Waals surface area contributed by atoms with E-state index in [4.69, 9.17) is 0 Å². The summed E-state index contributed by atoms with van der Waals surface area (Å²) in [6.45, 7) is 0. The van der Waals surface area contributed by atoms with Crippen LogP contribution in [0.25, 0.3) is 0 Å². The van der Waals surface area contributed by atoms with Gasteiger partial charge in [-0.1, -0.05) is 12.1 Å². The number of benzene rings is 2. The van der Waals surface area contributed by atoms with Gasteiger partial charge in [0.2, 0.25) is 0 Å². The SMILES string of the molecule is O=C(c1cccc(C(F)(F)F)c1)c1ccc(F)cc1Br. The molecule has 0 radical (unpaired) electrons. The molecular weight excluding hydrogens is 340 g/mol. The summed E-state index contributed by atoms with van der Waals surface area (Å²) in [7, 11) is 0. The van der Waals surface area contributed by atoms with E-state index in [0.717, 1.165) is 30.3 Å². The summed E-state index contributed by atoms with van der Waals surface area (Å²) >= 11 is 3.02. The Hall–Kier alpha value is -1.69. The zero-order valence-corrected chi connectivity index (χ0v) is 11.4. The summed E-state index contributed by atoms with van der Waals surface area (Å²) in [6.07, 6.45) is -4.52. The van der Waals surface area contributed by atoms with Crippen molar-refractivity contribution in [2.24, 2.45) is 0 Å². The van der Waals surface area contributed by atoms with Gasteiger partial charge >= 0.3 is 6.18 Å². The molecular formula is C14H7BrF4O. The van der Waals surface area contributed by atoms with Crippen LogP contribution in [0, 0.1) is 5.82 Å². The fraction of sp³-hybridized carbons (Fsp3) is 0.0714. The van der Waals surface area contributed by atoms with Gasteiger partial charge in [0.25, 0.3) is 0 Å². The van der Waals surface area contributed by atoms with Crippen molar-refractivity contribution in [3.05, 3.63) is 69.4 Å². The van der Waals surface area contributed by atoms with Crippen LogP contribution in [-0.2, 0) is 6.18 Å². The summed E-state index contributed by atoms with van der Waals surface area (Å²) in [5.74, 6) is -1.15. The van der Waals surface area contributed by atoms with Crippen LogP contribution < -0.4 is 0 Å². The van der Waals surface area contributed by atoms with Gasteiger partial charge in [0.15, 0.2) is 5.78 Å². The number of carbonyl (C=O) groups excluding carboxylic acids is 1. The second-order valence-corrected chi connectivity index (χ2v) is 4.89. The third-order valence-electron chi connectivity index (χ3n) is 2.63. The Morgan fingerprint density at radius 3 is 2.35 bits per heavy atom. The lowest BCUT2D eigenvalue weighted by Gasteiger charge is -2.09. The summed E-state index contributed by atoms with van der Waals surface area (Å²) in [6, 6.07) is 7.49. The van der Waals surface area contributed by atoms with Gasteiger partial charge in [0, 0.05) is 15.6 Å². The first kappa shape index (κ1) is 14.7. The van der Waals surface area contributed by atoms with E-state index in [9.17, 15) is 22.4 Å². The lowest BCUT2D eigenvalue weighted by molar-refractivity contribution is -0.137. The van der Waals surface area contributed by atoms with Crippen molar-refractivity contribution in [3.8, 4) is 0 Å². The fourth-order valence-electron chi connectivity index (χ4n) is 1.67. The number of carbonyl (C=O) groups is 1. The molecule has 0 unspecified atom stereocenters. The van der Waals surface area contributed by atoms with Crippen molar-refractivity contribution >= 4 is 21.7 Å². The van der Waals surface area contributed by atoms with Crippen molar-refractivity contribution in [3.63, 3.8) is 0 Å². The second kappa shape index (κ2) is 5.36. The molecule has 0 bridgehead atoms. The average Bonchev–Trinajstić information content (AvgIpc) is 2.37.